The first-order chi connectivity index (χ1) is 17.0. The van der Waals surface area contributed by atoms with Gasteiger partial charge in [0.05, 0.1) is 16.1 Å². The molecule has 1 aliphatic heterocycles. The molecule has 2 heterocycles. The minimum absolute atomic E-state index is 0.757. The highest BCUT2D eigenvalue weighted by atomic mass is 35.5. The number of unbranched alkanes of at least 4 members (excludes halogenated alkanes) is 1. The Morgan fingerprint density at radius 2 is 1.91 bits per heavy atom. The van der Waals surface area contributed by atoms with Crippen LogP contribution >= 0.6 is 23.4 Å². The summed E-state index contributed by atoms with van der Waals surface area (Å²) in [6, 6.07) is 21.4. The molecule has 0 aliphatic carbocycles. The normalized spacial score (nSPS) is 15.1. The van der Waals surface area contributed by atoms with Crippen LogP contribution < -0.4 is 9.47 Å². The quantitative estimate of drug-likeness (QED) is 0.194. The van der Waals surface area contributed by atoms with Gasteiger partial charge in [-0.25, -0.2) is 4.57 Å². The molecule has 0 unspecified atom stereocenters. The summed E-state index contributed by atoms with van der Waals surface area (Å²) < 4.78 is 2.12. The van der Waals surface area contributed by atoms with Gasteiger partial charge in [0, 0.05) is 28.6 Å². The SMILES string of the molecule is CCCCN1C(=CC=C(C)C=Cc2cc[n+](C)c3ccc(Cl)cc23)Sc2c1ccc1ccccc21. The van der Waals surface area contributed by atoms with Crippen molar-refractivity contribution in [3.05, 3.63) is 106 Å². The lowest BCUT2D eigenvalue weighted by atomic mass is 10.1. The van der Waals surface area contributed by atoms with Crippen molar-refractivity contribution in [1.82, 2.24) is 0 Å². The van der Waals surface area contributed by atoms with E-state index >= 15 is 0 Å². The number of pyridine rings is 1. The van der Waals surface area contributed by atoms with Crippen LogP contribution in [0.4, 0.5) is 5.69 Å². The molecule has 1 aliphatic rings. The van der Waals surface area contributed by atoms with E-state index in [0.717, 1.165) is 17.0 Å². The monoisotopic (exact) mass is 497 g/mol. The first-order valence-corrected chi connectivity index (χ1v) is 13.4. The first kappa shape index (κ1) is 23.7. The van der Waals surface area contributed by atoms with E-state index in [1.165, 1.54) is 55.9 Å². The van der Waals surface area contributed by atoms with Crippen LogP contribution in [0.25, 0.3) is 27.8 Å². The fraction of sp³-hybridized carbons (Fsp3) is 0.194. The summed E-state index contributed by atoms with van der Waals surface area (Å²) in [5.41, 5.74) is 4.87. The standard InChI is InChI=1S/C31H30ClN2S/c1-4-5-19-34-29-15-13-23-8-6-7-9-26(23)31(29)35-30(34)17-11-22(2)10-12-24-18-20-33(3)28-16-14-25(32)21-27(24)28/h6-18,20-21H,4-5,19H2,1-3H3/q+1. The molecule has 5 rings (SSSR count). The number of anilines is 1. The predicted molar refractivity (Wildman–Crippen MR) is 153 cm³/mol. The van der Waals surface area contributed by atoms with E-state index in [1.54, 1.807) is 0 Å². The first-order valence-electron chi connectivity index (χ1n) is 12.2. The zero-order chi connectivity index (χ0) is 24.4. The molecule has 0 spiro atoms. The van der Waals surface area contributed by atoms with E-state index in [1.807, 2.05) is 23.9 Å². The maximum absolute atomic E-state index is 6.29. The number of allylic oxidation sites excluding steroid dienone is 4. The van der Waals surface area contributed by atoms with Gasteiger partial charge in [0.15, 0.2) is 6.20 Å². The molecule has 0 atom stereocenters. The van der Waals surface area contributed by atoms with Crippen molar-refractivity contribution in [1.29, 1.82) is 0 Å². The molecular formula is C31H30ClN2S+. The van der Waals surface area contributed by atoms with E-state index in [-0.39, 0.29) is 0 Å². The molecule has 0 fully saturated rings. The highest BCUT2D eigenvalue weighted by Gasteiger charge is 2.26. The largest absolute Gasteiger partial charge is 0.335 e. The molecule has 2 nitrogen and oxygen atoms in total. The number of rotatable bonds is 6. The lowest BCUT2D eigenvalue weighted by Crippen LogP contribution is -2.28. The van der Waals surface area contributed by atoms with Crippen molar-refractivity contribution in [2.24, 2.45) is 7.05 Å². The fourth-order valence-electron chi connectivity index (χ4n) is 4.53. The van der Waals surface area contributed by atoms with Crippen molar-refractivity contribution in [2.45, 2.75) is 31.6 Å². The second-order valence-corrected chi connectivity index (χ2v) is 10.5. The molecule has 0 saturated heterocycles. The Hall–Kier alpha value is -3.01. The second kappa shape index (κ2) is 10.3. The maximum Gasteiger partial charge on any atom is 0.212 e. The molecular weight excluding hydrogens is 468 g/mol. The van der Waals surface area contributed by atoms with E-state index in [0.29, 0.717) is 0 Å². The average molecular weight is 498 g/mol. The summed E-state index contributed by atoms with van der Waals surface area (Å²) in [5.74, 6) is 0. The van der Waals surface area contributed by atoms with Crippen molar-refractivity contribution < 1.29 is 4.57 Å². The van der Waals surface area contributed by atoms with Crippen LogP contribution in [-0.2, 0) is 7.05 Å². The van der Waals surface area contributed by atoms with E-state index in [4.69, 9.17) is 11.6 Å². The Kier molecular flexibility index (Phi) is 6.99. The number of aromatic nitrogens is 1. The number of halogens is 1. The molecule has 1 aromatic heterocycles. The summed E-state index contributed by atoms with van der Waals surface area (Å²) in [7, 11) is 2.06. The van der Waals surface area contributed by atoms with Crippen LogP contribution in [0.1, 0.15) is 32.3 Å². The zero-order valence-electron chi connectivity index (χ0n) is 20.5. The summed E-state index contributed by atoms with van der Waals surface area (Å²) in [6.07, 6.45) is 13.3. The number of nitrogens with zero attached hydrogens (tertiary/aromatic N) is 2. The van der Waals surface area contributed by atoms with Gasteiger partial charge in [-0.2, -0.15) is 0 Å². The summed E-state index contributed by atoms with van der Waals surface area (Å²) in [4.78, 5) is 3.85. The molecule has 4 aromatic rings. The molecule has 0 amide bonds. The third-order valence-corrected chi connectivity index (χ3v) is 7.93. The molecule has 35 heavy (non-hydrogen) atoms. The van der Waals surface area contributed by atoms with Gasteiger partial charge >= 0.3 is 0 Å². The van der Waals surface area contributed by atoms with Crippen molar-refractivity contribution in [3.63, 3.8) is 0 Å². The van der Waals surface area contributed by atoms with Gasteiger partial charge < -0.3 is 4.90 Å². The van der Waals surface area contributed by atoms with Gasteiger partial charge in [0.25, 0.3) is 0 Å². The van der Waals surface area contributed by atoms with Gasteiger partial charge in [-0.15, -0.1) is 0 Å². The molecule has 0 bridgehead atoms. The number of aryl methyl sites for hydroxylation is 1. The van der Waals surface area contributed by atoms with Gasteiger partial charge in [-0.3, -0.25) is 0 Å². The van der Waals surface area contributed by atoms with Crippen LogP contribution in [0.2, 0.25) is 5.02 Å². The molecule has 3 aromatic carbocycles. The predicted octanol–water partition coefficient (Wildman–Crippen LogP) is 8.68. The fourth-order valence-corrected chi connectivity index (χ4v) is 5.93. The Balaban J connectivity index is 1.45. The van der Waals surface area contributed by atoms with E-state index < -0.39 is 0 Å². The smallest absolute Gasteiger partial charge is 0.212 e. The highest BCUT2D eigenvalue weighted by Crippen LogP contribution is 2.49. The van der Waals surface area contributed by atoms with Crippen LogP contribution in [0, 0.1) is 0 Å². The van der Waals surface area contributed by atoms with Gasteiger partial charge in [0.2, 0.25) is 5.52 Å². The number of hydrogen-bond donors (Lipinski definition) is 0. The molecule has 4 heteroatoms. The Morgan fingerprint density at radius 1 is 1.06 bits per heavy atom. The molecule has 0 saturated carbocycles. The molecule has 176 valence electrons. The molecule has 0 N–H and O–H groups in total. The number of fused-ring (bicyclic) bond motifs is 4. The van der Waals surface area contributed by atoms with Gasteiger partial charge in [-0.1, -0.05) is 90.8 Å². The second-order valence-electron chi connectivity index (χ2n) is 9.03. The Morgan fingerprint density at radius 3 is 2.77 bits per heavy atom. The van der Waals surface area contributed by atoms with Crippen LogP contribution in [0.5, 0.6) is 0 Å². The van der Waals surface area contributed by atoms with Crippen molar-refractivity contribution >= 4 is 56.8 Å². The molecule has 0 radical (unpaired) electrons. The van der Waals surface area contributed by atoms with Gasteiger partial charge in [-0.05, 0) is 54.0 Å². The van der Waals surface area contributed by atoms with Crippen molar-refractivity contribution in [2.75, 3.05) is 11.4 Å². The number of benzene rings is 3. The maximum atomic E-state index is 6.29. The minimum atomic E-state index is 0.757. The number of thioether (sulfide) groups is 1. The average Bonchev–Trinajstić information content (AvgIpc) is 3.23. The highest BCUT2D eigenvalue weighted by molar-refractivity contribution is 8.04. The zero-order valence-corrected chi connectivity index (χ0v) is 22.0. The van der Waals surface area contributed by atoms with E-state index in [2.05, 4.69) is 109 Å². The third kappa shape index (κ3) is 4.89. The lowest BCUT2D eigenvalue weighted by Gasteiger charge is -2.20. The van der Waals surface area contributed by atoms with Crippen molar-refractivity contribution in [3.8, 4) is 0 Å². The summed E-state index contributed by atoms with van der Waals surface area (Å²) in [5, 5.41) is 5.84. The third-order valence-electron chi connectivity index (χ3n) is 6.50. The Labute approximate surface area is 217 Å². The van der Waals surface area contributed by atoms with E-state index in [9.17, 15) is 0 Å². The summed E-state index contributed by atoms with van der Waals surface area (Å²) in [6.45, 7) is 5.45. The van der Waals surface area contributed by atoms with Crippen LogP contribution in [0.15, 0.2) is 101 Å². The minimum Gasteiger partial charge on any atom is -0.335 e. The topological polar surface area (TPSA) is 7.12 Å². The van der Waals surface area contributed by atoms with Gasteiger partial charge in [0.1, 0.15) is 7.05 Å². The lowest BCUT2D eigenvalue weighted by molar-refractivity contribution is -0.644. The van der Waals surface area contributed by atoms with Crippen LogP contribution in [-0.4, -0.2) is 6.54 Å². The number of hydrogen-bond acceptors (Lipinski definition) is 2. The Bertz CT molecular complexity index is 1500. The summed E-state index contributed by atoms with van der Waals surface area (Å²) >= 11 is 8.18. The van der Waals surface area contributed by atoms with Crippen LogP contribution in [0.3, 0.4) is 0 Å².